The summed E-state index contributed by atoms with van der Waals surface area (Å²) in [4.78, 5) is 9.03. The van der Waals surface area contributed by atoms with Gasteiger partial charge in [0.2, 0.25) is 0 Å². The summed E-state index contributed by atoms with van der Waals surface area (Å²) in [6, 6.07) is 61.7. The summed E-state index contributed by atoms with van der Waals surface area (Å²) in [7, 11) is 0. The molecule has 0 aliphatic heterocycles. The molecule has 0 saturated carbocycles. The van der Waals surface area contributed by atoms with Crippen molar-refractivity contribution in [2.75, 3.05) is 9.80 Å². The number of nitrogens with zero attached hydrogens (tertiary/aromatic N) is 3. The number of pyridine rings is 1. The molecule has 0 radical (unpaired) electrons. The molecule has 1 aliphatic rings. The Hall–Kier alpha value is -7.04. The molecule has 0 bridgehead atoms. The van der Waals surface area contributed by atoms with Crippen molar-refractivity contribution in [2.45, 2.75) is 19.3 Å². The largest absolute Gasteiger partial charge is 0.309 e. The molecule has 0 spiro atoms. The minimum absolute atomic E-state index is 0.132. The average molecular weight is 722 g/mol. The van der Waals surface area contributed by atoms with Crippen LogP contribution >= 0.6 is 0 Å². The predicted octanol–water partition coefficient (Wildman–Crippen LogP) is 14.5. The van der Waals surface area contributed by atoms with Gasteiger partial charge < -0.3 is 4.90 Å². The molecule has 0 saturated heterocycles. The molecule has 56 heavy (non-hydrogen) atoms. The van der Waals surface area contributed by atoms with Crippen LogP contribution in [0.4, 0.5) is 38.6 Å². The smallest absolute Gasteiger partial charge is 0.174 e. The van der Waals surface area contributed by atoms with Crippen molar-refractivity contribution in [2.24, 2.45) is 0 Å². The first kappa shape index (κ1) is 32.4. The minimum atomic E-state index is -0.382. The van der Waals surface area contributed by atoms with Gasteiger partial charge in [-0.25, -0.2) is 9.37 Å². The van der Waals surface area contributed by atoms with Crippen LogP contribution in [0, 0.1) is 5.82 Å². The average Bonchev–Trinajstić information content (AvgIpc) is 3.48. The van der Waals surface area contributed by atoms with Crippen LogP contribution in [0.5, 0.6) is 0 Å². The third-order valence-corrected chi connectivity index (χ3v) is 11.9. The Kier molecular flexibility index (Phi) is 7.08. The fraction of sp³-hybridized carbons (Fsp3) is 0.0577. The third kappa shape index (κ3) is 4.72. The molecule has 4 heteroatoms. The van der Waals surface area contributed by atoms with Crippen LogP contribution in [0.1, 0.15) is 25.0 Å². The molecule has 3 nitrogen and oxygen atoms in total. The predicted molar refractivity (Wildman–Crippen MR) is 232 cm³/mol. The van der Waals surface area contributed by atoms with Gasteiger partial charge in [-0.2, -0.15) is 0 Å². The van der Waals surface area contributed by atoms with Gasteiger partial charge in [0.1, 0.15) is 0 Å². The normalized spacial score (nSPS) is 13.1. The molecule has 10 aromatic rings. The molecule has 0 N–H and O–H groups in total. The lowest BCUT2D eigenvalue weighted by atomic mass is 9.82. The highest BCUT2D eigenvalue weighted by molar-refractivity contribution is 6.28. The summed E-state index contributed by atoms with van der Waals surface area (Å²) in [6.45, 7) is 4.67. The first-order chi connectivity index (χ1) is 27.5. The standard InChI is InChI=1S/C52H36FN3/c1-52(2)42-17-9-8-16-39(42)50-43(52)18-10-20-47(50)55(37-14-4-3-5-15-37)45-29-24-34-23-28-41-46(30-25-35-22-27-40(45)48(34)49(35)41)56(51-44(53)19-11-31-54-51)38-26-21-33-12-6-7-13-36(33)32-38/h3-32H,1-2H3. The van der Waals surface area contributed by atoms with E-state index in [0.29, 0.717) is 0 Å². The number of hydrogen-bond donors (Lipinski definition) is 0. The van der Waals surface area contributed by atoms with E-state index in [1.54, 1.807) is 12.3 Å². The van der Waals surface area contributed by atoms with Crippen molar-refractivity contribution in [3.8, 4) is 11.1 Å². The lowest BCUT2D eigenvalue weighted by Crippen LogP contribution is -2.16. The van der Waals surface area contributed by atoms with Gasteiger partial charge in [0.25, 0.3) is 0 Å². The van der Waals surface area contributed by atoms with Gasteiger partial charge >= 0.3 is 0 Å². The molecule has 0 amide bonds. The molecule has 1 aromatic heterocycles. The van der Waals surface area contributed by atoms with Crippen LogP contribution < -0.4 is 9.80 Å². The van der Waals surface area contributed by atoms with E-state index >= 15 is 4.39 Å². The van der Waals surface area contributed by atoms with Gasteiger partial charge in [-0.1, -0.05) is 135 Å². The first-order valence-electron chi connectivity index (χ1n) is 19.2. The molecule has 0 fully saturated rings. The molecule has 266 valence electrons. The number of benzene rings is 9. The summed E-state index contributed by atoms with van der Waals surface area (Å²) >= 11 is 0. The maximum Gasteiger partial charge on any atom is 0.174 e. The van der Waals surface area contributed by atoms with Crippen LogP contribution in [0.2, 0.25) is 0 Å². The highest BCUT2D eigenvalue weighted by atomic mass is 19.1. The summed E-state index contributed by atoms with van der Waals surface area (Å²) in [6.07, 6.45) is 1.66. The molecule has 9 aromatic carbocycles. The van der Waals surface area contributed by atoms with E-state index in [0.717, 1.165) is 66.1 Å². The van der Waals surface area contributed by atoms with E-state index in [-0.39, 0.29) is 17.1 Å². The number of hydrogen-bond acceptors (Lipinski definition) is 3. The van der Waals surface area contributed by atoms with Crippen molar-refractivity contribution in [3.63, 3.8) is 0 Å². The number of fused-ring (bicyclic) bond motifs is 4. The third-order valence-electron chi connectivity index (χ3n) is 11.9. The van der Waals surface area contributed by atoms with Gasteiger partial charge in [-0.15, -0.1) is 0 Å². The summed E-state index contributed by atoms with van der Waals surface area (Å²) in [5, 5.41) is 8.96. The Balaban J connectivity index is 1.18. The Morgan fingerprint density at radius 1 is 0.464 bits per heavy atom. The summed E-state index contributed by atoms with van der Waals surface area (Å²) in [5.74, 6) is -0.123. The molecule has 0 unspecified atom stereocenters. The monoisotopic (exact) mass is 721 g/mol. The van der Waals surface area contributed by atoms with Crippen LogP contribution in [0.25, 0.3) is 54.2 Å². The second-order valence-corrected chi connectivity index (χ2v) is 15.3. The first-order valence-corrected chi connectivity index (χ1v) is 19.2. The van der Waals surface area contributed by atoms with Crippen molar-refractivity contribution in [3.05, 3.63) is 199 Å². The lowest BCUT2D eigenvalue weighted by Gasteiger charge is -2.30. The summed E-state index contributed by atoms with van der Waals surface area (Å²) < 4.78 is 15.9. The zero-order valence-corrected chi connectivity index (χ0v) is 31.0. The zero-order chi connectivity index (χ0) is 37.5. The van der Waals surface area contributed by atoms with Gasteiger partial charge in [0.05, 0.1) is 17.1 Å². The van der Waals surface area contributed by atoms with E-state index in [1.807, 2.05) is 17.0 Å². The van der Waals surface area contributed by atoms with Gasteiger partial charge in [0, 0.05) is 39.3 Å². The van der Waals surface area contributed by atoms with Crippen molar-refractivity contribution >= 4 is 77.3 Å². The number of para-hydroxylation sites is 1. The minimum Gasteiger partial charge on any atom is -0.309 e. The Morgan fingerprint density at radius 2 is 1.09 bits per heavy atom. The lowest BCUT2D eigenvalue weighted by molar-refractivity contribution is 0.623. The fourth-order valence-corrected chi connectivity index (χ4v) is 9.30. The van der Waals surface area contributed by atoms with Gasteiger partial charge in [-0.3, -0.25) is 4.90 Å². The number of anilines is 6. The molecule has 1 heterocycles. The zero-order valence-electron chi connectivity index (χ0n) is 31.0. The van der Waals surface area contributed by atoms with E-state index in [2.05, 4.69) is 175 Å². The quantitative estimate of drug-likeness (QED) is 0.159. The van der Waals surface area contributed by atoms with E-state index in [4.69, 9.17) is 0 Å². The maximum atomic E-state index is 15.9. The maximum absolute atomic E-state index is 15.9. The van der Waals surface area contributed by atoms with E-state index in [9.17, 15) is 0 Å². The summed E-state index contributed by atoms with van der Waals surface area (Å²) in [5.41, 5.74) is 10.1. The topological polar surface area (TPSA) is 19.4 Å². The van der Waals surface area contributed by atoms with Crippen molar-refractivity contribution < 1.29 is 4.39 Å². The molecule has 1 aliphatic carbocycles. The van der Waals surface area contributed by atoms with Crippen LogP contribution in [-0.4, -0.2) is 4.98 Å². The van der Waals surface area contributed by atoms with Crippen molar-refractivity contribution in [1.82, 2.24) is 4.98 Å². The fourth-order valence-electron chi connectivity index (χ4n) is 9.30. The van der Waals surface area contributed by atoms with E-state index in [1.165, 1.54) is 33.7 Å². The Morgan fingerprint density at radius 3 is 1.84 bits per heavy atom. The highest BCUT2D eigenvalue weighted by Crippen LogP contribution is 2.55. The second-order valence-electron chi connectivity index (χ2n) is 15.3. The molecular formula is C52H36FN3. The van der Waals surface area contributed by atoms with Crippen molar-refractivity contribution in [1.29, 1.82) is 0 Å². The second kappa shape index (κ2) is 12.2. The number of rotatable bonds is 6. The Bertz CT molecular complexity index is 3150. The van der Waals surface area contributed by atoms with E-state index < -0.39 is 0 Å². The Labute approximate surface area is 324 Å². The highest BCUT2D eigenvalue weighted by Gasteiger charge is 2.38. The SMILES string of the molecule is CC1(C)c2ccccc2-c2c(N(c3ccccc3)c3ccc4ccc5c(N(c6ccc7ccccc7c6)c6ncccc6F)ccc6ccc3c4c65)cccc21. The van der Waals surface area contributed by atoms with Gasteiger partial charge in [0.15, 0.2) is 11.6 Å². The number of halogens is 1. The van der Waals surface area contributed by atoms with Crippen LogP contribution in [0.3, 0.4) is 0 Å². The molecule has 11 rings (SSSR count). The molecular weight excluding hydrogens is 686 g/mol. The van der Waals surface area contributed by atoms with Crippen LogP contribution in [0.15, 0.2) is 182 Å². The van der Waals surface area contributed by atoms with Gasteiger partial charge in [-0.05, 0) is 104 Å². The molecule has 0 atom stereocenters. The van der Waals surface area contributed by atoms with Crippen LogP contribution in [-0.2, 0) is 5.41 Å². The number of aromatic nitrogens is 1.